The van der Waals surface area contributed by atoms with Gasteiger partial charge in [0.15, 0.2) is 16.7 Å². The number of amidine groups is 1. The van der Waals surface area contributed by atoms with E-state index in [0.29, 0.717) is 46.8 Å². The zero-order valence-electron chi connectivity index (χ0n) is 23.6. The molecule has 11 heteroatoms. The molecule has 0 radical (unpaired) electrons. The van der Waals surface area contributed by atoms with Crippen molar-refractivity contribution < 1.29 is 28.7 Å². The van der Waals surface area contributed by atoms with E-state index >= 15 is 0 Å². The predicted molar refractivity (Wildman–Crippen MR) is 164 cm³/mol. The Bertz CT molecular complexity index is 1500. The molecule has 0 bridgehead atoms. The number of carbonyl (C=O) groups is 1. The zero-order chi connectivity index (χ0) is 30.1. The molecular formula is C31H31N3O7S. The molecule has 4 rings (SSSR count). The van der Waals surface area contributed by atoms with Gasteiger partial charge < -0.3 is 18.9 Å². The number of thioether (sulfide) groups is 1. The molecule has 0 N–H and O–H groups in total. The van der Waals surface area contributed by atoms with Crippen LogP contribution in [0, 0.1) is 10.1 Å². The molecule has 1 amide bonds. The maximum absolute atomic E-state index is 13.4. The van der Waals surface area contributed by atoms with E-state index in [4.69, 9.17) is 23.9 Å². The van der Waals surface area contributed by atoms with Crippen LogP contribution < -0.4 is 14.2 Å². The quantitative estimate of drug-likeness (QED) is 0.101. The zero-order valence-corrected chi connectivity index (χ0v) is 24.4. The van der Waals surface area contributed by atoms with Gasteiger partial charge in [-0.2, -0.15) is 0 Å². The minimum Gasteiger partial charge on any atom is -0.497 e. The average Bonchev–Trinajstić information content (AvgIpc) is 3.28. The molecule has 1 saturated heterocycles. The minimum atomic E-state index is -0.443. The van der Waals surface area contributed by atoms with Crippen LogP contribution in [-0.4, -0.2) is 55.4 Å². The topological polar surface area (TPSA) is 113 Å². The number of ether oxygens (including phenoxy) is 4. The third-order valence-electron chi connectivity index (χ3n) is 6.27. The van der Waals surface area contributed by atoms with Gasteiger partial charge in [0.1, 0.15) is 12.4 Å². The highest BCUT2D eigenvalue weighted by Gasteiger charge is 2.33. The van der Waals surface area contributed by atoms with Gasteiger partial charge in [-0.25, -0.2) is 4.99 Å². The smallest absolute Gasteiger partial charge is 0.269 e. The highest BCUT2D eigenvalue weighted by Crippen LogP contribution is 2.38. The fraction of sp³-hybridized carbons (Fsp3) is 0.226. The molecule has 0 unspecified atom stereocenters. The number of nitro benzene ring substituents is 1. The Labute approximate surface area is 248 Å². The summed E-state index contributed by atoms with van der Waals surface area (Å²) in [4.78, 5) is 30.8. The van der Waals surface area contributed by atoms with E-state index in [2.05, 4.69) is 6.58 Å². The number of non-ortho nitro benzene ring substituents is 1. The number of nitro groups is 1. The maximum atomic E-state index is 13.4. The van der Waals surface area contributed by atoms with Crippen LogP contribution >= 0.6 is 11.8 Å². The molecule has 0 aromatic heterocycles. The highest BCUT2D eigenvalue weighted by atomic mass is 32.2. The van der Waals surface area contributed by atoms with Crippen molar-refractivity contribution in [3.05, 3.63) is 105 Å². The van der Waals surface area contributed by atoms with Gasteiger partial charge in [0.25, 0.3) is 11.6 Å². The second kappa shape index (κ2) is 14.3. The lowest BCUT2D eigenvalue weighted by atomic mass is 10.0. The van der Waals surface area contributed by atoms with Crippen LogP contribution in [0.15, 0.2) is 83.2 Å². The van der Waals surface area contributed by atoms with Crippen molar-refractivity contribution in [1.82, 2.24) is 4.90 Å². The van der Waals surface area contributed by atoms with Crippen LogP contribution in [0.2, 0.25) is 0 Å². The van der Waals surface area contributed by atoms with Crippen LogP contribution in [0.4, 0.5) is 11.4 Å². The molecule has 1 fully saturated rings. The Hall–Kier alpha value is -4.61. The van der Waals surface area contributed by atoms with Crippen LogP contribution in [0.3, 0.4) is 0 Å². The summed E-state index contributed by atoms with van der Waals surface area (Å²) < 4.78 is 22.2. The molecular weight excluding hydrogens is 558 g/mol. The van der Waals surface area contributed by atoms with Crippen LogP contribution in [-0.2, 0) is 22.6 Å². The molecule has 3 aromatic rings. The van der Waals surface area contributed by atoms with Gasteiger partial charge in [0, 0.05) is 24.8 Å². The monoisotopic (exact) mass is 589 g/mol. The van der Waals surface area contributed by atoms with Gasteiger partial charge in [-0.15, -0.1) is 6.58 Å². The number of hydrogen-bond acceptors (Lipinski definition) is 9. The standard InChI is InChI=1S/C31H31N3O7S/c1-5-6-23-17-22(18-27(40-4)29(23)41-20-21-7-11-25(12-8-21)34(36)37)19-28-30(35)33(15-16-38-2)31(42-28)32-24-9-13-26(39-3)14-10-24/h5,7-14,17-19H,1,6,15-16,20H2,2-4H3/b28-19-,32-31?. The van der Waals surface area contributed by atoms with E-state index in [1.807, 2.05) is 30.3 Å². The van der Waals surface area contributed by atoms with Gasteiger partial charge in [-0.3, -0.25) is 19.8 Å². The van der Waals surface area contributed by atoms with Crippen molar-refractivity contribution in [2.24, 2.45) is 4.99 Å². The number of benzene rings is 3. The molecule has 0 aliphatic carbocycles. The number of hydrogen-bond donors (Lipinski definition) is 0. The van der Waals surface area contributed by atoms with E-state index in [0.717, 1.165) is 22.4 Å². The largest absolute Gasteiger partial charge is 0.497 e. The lowest BCUT2D eigenvalue weighted by Gasteiger charge is -2.16. The number of allylic oxidation sites excluding steroid dienone is 1. The van der Waals surface area contributed by atoms with E-state index in [9.17, 15) is 14.9 Å². The first-order chi connectivity index (χ1) is 20.4. The SMILES string of the molecule is C=CCc1cc(/C=C2\SC(=Nc3ccc(OC)cc3)N(CCOC)C2=O)cc(OC)c1OCc1ccc([N+](=O)[O-])cc1. The number of rotatable bonds is 13. The second-order valence-electron chi connectivity index (χ2n) is 9.07. The summed E-state index contributed by atoms with van der Waals surface area (Å²) in [5.74, 6) is 1.57. The lowest BCUT2D eigenvalue weighted by molar-refractivity contribution is -0.384. The van der Waals surface area contributed by atoms with Crippen molar-refractivity contribution in [2.75, 3.05) is 34.5 Å². The van der Waals surface area contributed by atoms with Crippen LogP contribution in [0.25, 0.3) is 6.08 Å². The normalized spacial score (nSPS) is 14.8. The number of methoxy groups -OCH3 is 3. The molecule has 1 aliphatic heterocycles. The highest BCUT2D eigenvalue weighted by molar-refractivity contribution is 8.18. The third kappa shape index (κ3) is 7.36. The predicted octanol–water partition coefficient (Wildman–Crippen LogP) is 6.17. The van der Waals surface area contributed by atoms with Gasteiger partial charge in [0.2, 0.25) is 0 Å². The second-order valence-corrected chi connectivity index (χ2v) is 10.1. The Balaban J connectivity index is 1.63. The van der Waals surface area contributed by atoms with Gasteiger partial charge in [0.05, 0.1) is 42.9 Å². The molecule has 3 aromatic carbocycles. The molecule has 42 heavy (non-hydrogen) atoms. The summed E-state index contributed by atoms with van der Waals surface area (Å²) >= 11 is 1.28. The molecule has 218 valence electrons. The number of nitrogens with zero attached hydrogens (tertiary/aromatic N) is 3. The Morgan fingerprint density at radius 2 is 1.79 bits per heavy atom. The lowest BCUT2D eigenvalue weighted by Crippen LogP contribution is -2.32. The molecule has 1 aliphatic rings. The van der Waals surface area contributed by atoms with Crippen molar-refractivity contribution in [3.63, 3.8) is 0 Å². The van der Waals surface area contributed by atoms with Gasteiger partial charge in [-0.05, 0) is 83.9 Å². The van der Waals surface area contributed by atoms with Crippen molar-refractivity contribution in [2.45, 2.75) is 13.0 Å². The first-order valence-electron chi connectivity index (χ1n) is 13.0. The average molecular weight is 590 g/mol. The van der Waals surface area contributed by atoms with E-state index in [-0.39, 0.29) is 18.2 Å². The van der Waals surface area contributed by atoms with Crippen molar-refractivity contribution in [3.8, 4) is 17.2 Å². The Morgan fingerprint density at radius 3 is 2.40 bits per heavy atom. The van der Waals surface area contributed by atoms with Crippen molar-refractivity contribution in [1.29, 1.82) is 0 Å². The summed E-state index contributed by atoms with van der Waals surface area (Å²) in [7, 11) is 4.73. The first kappa shape index (κ1) is 30.4. The summed E-state index contributed by atoms with van der Waals surface area (Å²) in [5.41, 5.74) is 3.04. The first-order valence-corrected chi connectivity index (χ1v) is 13.8. The van der Waals surface area contributed by atoms with E-state index < -0.39 is 4.92 Å². The number of amides is 1. The van der Waals surface area contributed by atoms with Gasteiger partial charge >= 0.3 is 0 Å². The molecule has 0 atom stereocenters. The summed E-state index contributed by atoms with van der Waals surface area (Å²) in [6, 6.07) is 17.2. The van der Waals surface area contributed by atoms with Crippen LogP contribution in [0.5, 0.6) is 17.2 Å². The summed E-state index contributed by atoms with van der Waals surface area (Å²) in [6.45, 7) is 4.77. The van der Waals surface area contributed by atoms with Crippen molar-refractivity contribution >= 4 is 40.3 Å². The number of carbonyl (C=O) groups excluding carboxylic acids is 1. The summed E-state index contributed by atoms with van der Waals surface area (Å²) in [5, 5.41) is 11.5. The third-order valence-corrected chi connectivity index (χ3v) is 7.28. The molecule has 1 heterocycles. The van der Waals surface area contributed by atoms with Crippen LogP contribution in [0.1, 0.15) is 16.7 Å². The maximum Gasteiger partial charge on any atom is 0.269 e. The fourth-order valence-corrected chi connectivity index (χ4v) is 5.17. The van der Waals surface area contributed by atoms with E-state index in [1.165, 1.54) is 23.9 Å². The fourth-order valence-electron chi connectivity index (χ4n) is 4.15. The van der Waals surface area contributed by atoms with Gasteiger partial charge in [-0.1, -0.05) is 6.08 Å². The summed E-state index contributed by atoms with van der Waals surface area (Å²) in [6.07, 6.45) is 4.05. The van der Waals surface area contributed by atoms with E-state index in [1.54, 1.807) is 56.6 Å². The Kier molecular flexibility index (Phi) is 10.4. The minimum absolute atomic E-state index is 0.0124. The molecule has 0 saturated carbocycles. The number of aliphatic imine (C=N–C) groups is 1. The Morgan fingerprint density at radius 1 is 1.05 bits per heavy atom. The molecule has 10 nitrogen and oxygen atoms in total. The molecule has 0 spiro atoms.